The van der Waals surface area contributed by atoms with Crippen LogP contribution in [0.15, 0.2) is 12.3 Å². The van der Waals surface area contributed by atoms with Crippen LogP contribution in [0.2, 0.25) is 0 Å². The van der Waals surface area contributed by atoms with E-state index in [0.29, 0.717) is 36.4 Å². The van der Waals surface area contributed by atoms with Gasteiger partial charge in [-0.05, 0) is 19.9 Å². The molecule has 1 amide bonds. The highest BCUT2D eigenvalue weighted by Crippen LogP contribution is 2.23. The summed E-state index contributed by atoms with van der Waals surface area (Å²) in [6.07, 6.45) is 1.43. The van der Waals surface area contributed by atoms with E-state index in [9.17, 15) is 4.79 Å². The molecule has 0 N–H and O–H groups in total. The van der Waals surface area contributed by atoms with Gasteiger partial charge in [-0.1, -0.05) is 5.21 Å². The van der Waals surface area contributed by atoms with Crippen LogP contribution in [0.3, 0.4) is 0 Å². The fraction of sp³-hybridized carbons (Fsp3) is 0.600. The number of carbonyl (C=O) groups is 1. The zero-order chi connectivity index (χ0) is 16.6. The zero-order valence-corrected chi connectivity index (χ0v) is 13.8. The Bertz CT molecular complexity index is 727. The monoisotopic (exact) mass is 319 g/mol. The summed E-state index contributed by atoms with van der Waals surface area (Å²) in [5.74, 6) is -0.0810. The van der Waals surface area contributed by atoms with Crippen LogP contribution < -0.4 is 0 Å². The summed E-state index contributed by atoms with van der Waals surface area (Å²) in [6, 6.07) is 1.73. The first-order chi connectivity index (χ1) is 10.9. The predicted molar refractivity (Wildman–Crippen MR) is 83.0 cm³/mol. The predicted octanol–water partition coefficient (Wildman–Crippen LogP) is 0.629. The molecule has 3 rings (SSSR count). The number of morpholine rings is 1. The maximum atomic E-state index is 12.8. The van der Waals surface area contributed by atoms with E-state index < -0.39 is 5.60 Å². The number of carbonyl (C=O) groups excluding carboxylic acids is 1. The van der Waals surface area contributed by atoms with E-state index in [4.69, 9.17) is 9.47 Å². The molecule has 1 aliphatic heterocycles. The molecule has 0 saturated carbocycles. The van der Waals surface area contributed by atoms with Gasteiger partial charge in [0.15, 0.2) is 5.65 Å². The Kier molecular flexibility index (Phi) is 4.03. The molecule has 23 heavy (non-hydrogen) atoms. The average molecular weight is 319 g/mol. The highest BCUT2D eigenvalue weighted by Gasteiger charge is 2.36. The van der Waals surface area contributed by atoms with Crippen LogP contribution in [0.1, 0.15) is 24.2 Å². The normalized spacial score (nSPS) is 20.9. The van der Waals surface area contributed by atoms with Crippen molar-refractivity contribution in [3.63, 3.8) is 0 Å². The second-order valence-corrected chi connectivity index (χ2v) is 6.42. The van der Waals surface area contributed by atoms with Crippen molar-refractivity contribution in [1.82, 2.24) is 24.9 Å². The van der Waals surface area contributed by atoms with E-state index in [-0.39, 0.29) is 12.0 Å². The van der Waals surface area contributed by atoms with E-state index in [2.05, 4.69) is 15.3 Å². The van der Waals surface area contributed by atoms with Gasteiger partial charge in [0, 0.05) is 33.4 Å². The van der Waals surface area contributed by atoms with Gasteiger partial charge < -0.3 is 14.4 Å². The molecule has 8 heteroatoms. The molecular formula is C15H21N5O3. The van der Waals surface area contributed by atoms with Crippen molar-refractivity contribution >= 4 is 17.1 Å². The third-order valence-electron chi connectivity index (χ3n) is 3.81. The van der Waals surface area contributed by atoms with Crippen LogP contribution in [-0.4, -0.2) is 69.3 Å². The molecule has 0 aromatic carbocycles. The molecule has 0 aliphatic carbocycles. The van der Waals surface area contributed by atoms with Crippen LogP contribution >= 0.6 is 0 Å². The summed E-state index contributed by atoms with van der Waals surface area (Å²) < 4.78 is 12.7. The van der Waals surface area contributed by atoms with Gasteiger partial charge in [0.25, 0.3) is 5.91 Å². The van der Waals surface area contributed by atoms with E-state index in [0.717, 1.165) is 0 Å². The number of rotatable bonds is 3. The number of hydrogen-bond acceptors (Lipinski definition) is 6. The van der Waals surface area contributed by atoms with Crippen molar-refractivity contribution in [3.8, 4) is 0 Å². The van der Waals surface area contributed by atoms with E-state index >= 15 is 0 Å². The maximum absolute atomic E-state index is 12.8. The number of aryl methyl sites for hydroxylation is 1. The number of methoxy groups -OCH3 is 1. The molecule has 3 heterocycles. The third-order valence-corrected chi connectivity index (χ3v) is 3.81. The van der Waals surface area contributed by atoms with Gasteiger partial charge in [0.05, 0.1) is 23.9 Å². The Balaban J connectivity index is 1.84. The van der Waals surface area contributed by atoms with Crippen molar-refractivity contribution in [1.29, 1.82) is 0 Å². The lowest BCUT2D eigenvalue weighted by Gasteiger charge is -2.42. The molecule has 2 aromatic heterocycles. The molecule has 0 unspecified atom stereocenters. The Morgan fingerprint density at radius 3 is 3.04 bits per heavy atom. The van der Waals surface area contributed by atoms with Crippen LogP contribution in [0.5, 0.6) is 0 Å². The molecule has 0 spiro atoms. The fourth-order valence-electron chi connectivity index (χ4n) is 2.95. The van der Waals surface area contributed by atoms with Crippen molar-refractivity contribution in [3.05, 3.63) is 17.8 Å². The standard InChI is InChI=1S/C15H21N5O3/c1-15(2)9-20(7-11(23-15)8-22-4)14(21)10-5-12-13(16-6-10)19(3)18-17-12/h5-6,11H,7-9H2,1-4H3/t11-/m0/s1. The van der Waals surface area contributed by atoms with Gasteiger partial charge in [-0.25, -0.2) is 9.67 Å². The van der Waals surface area contributed by atoms with E-state index in [1.54, 1.807) is 36.0 Å². The van der Waals surface area contributed by atoms with Gasteiger partial charge in [-0.3, -0.25) is 4.79 Å². The first kappa shape index (κ1) is 15.8. The number of hydrogen-bond donors (Lipinski definition) is 0. The lowest BCUT2D eigenvalue weighted by molar-refractivity contribution is -0.143. The van der Waals surface area contributed by atoms with Crippen molar-refractivity contribution in [2.75, 3.05) is 26.8 Å². The average Bonchev–Trinajstić information content (AvgIpc) is 2.86. The highest BCUT2D eigenvalue weighted by atomic mass is 16.5. The van der Waals surface area contributed by atoms with Crippen LogP contribution in [-0.2, 0) is 16.5 Å². The SMILES string of the molecule is COC[C@@H]1CN(C(=O)c2cnc3c(c2)nnn3C)CC(C)(C)O1. The Labute approximate surface area is 134 Å². The van der Waals surface area contributed by atoms with Gasteiger partial charge in [-0.2, -0.15) is 0 Å². The molecule has 0 bridgehead atoms. The maximum Gasteiger partial charge on any atom is 0.255 e. The minimum absolute atomic E-state index is 0.0810. The van der Waals surface area contributed by atoms with Crippen molar-refractivity contribution in [2.45, 2.75) is 25.6 Å². The Morgan fingerprint density at radius 2 is 2.30 bits per heavy atom. The molecule has 8 nitrogen and oxygen atoms in total. The van der Waals surface area contributed by atoms with Crippen molar-refractivity contribution < 1.29 is 14.3 Å². The van der Waals surface area contributed by atoms with Gasteiger partial charge in [0.2, 0.25) is 0 Å². The number of fused-ring (bicyclic) bond motifs is 1. The molecule has 1 atom stereocenters. The Hall–Kier alpha value is -2.06. The summed E-state index contributed by atoms with van der Waals surface area (Å²) >= 11 is 0. The zero-order valence-electron chi connectivity index (χ0n) is 13.8. The number of amides is 1. The van der Waals surface area contributed by atoms with E-state index in [1.165, 1.54) is 0 Å². The lowest BCUT2D eigenvalue weighted by Crippen LogP contribution is -2.55. The summed E-state index contributed by atoms with van der Waals surface area (Å²) in [4.78, 5) is 18.9. The topological polar surface area (TPSA) is 82.4 Å². The fourth-order valence-corrected chi connectivity index (χ4v) is 2.95. The summed E-state index contributed by atoms with van der Waals surface area (Å²) in [6.45, 7) is 5.41. The highest BCUT2D eigenvalue weighted by molar-refractivity contribution is 5.96. The number of pyridine rings is 1. The van der Waals surface area contributed by atoms with Gasteiger partial charge in [0.1, 0.15) is 5.52 Å². The molecule has 0 radical (unpaired) electrons. The smallest absolute Gasteiger partial charge is 0.255 e. The first-order valence-electron chi connectivity index (χ1n) is 7.51. The quantitative estimate of drug-likeness (QED) is 0.825. The Morgan fingerprint density at radius 1 is 1.52 bits per heavy atom. The lowest BCUT2D eigenvalue weighted by atomic mass is 10.0. The molecule has 1 saturated heterocycles. The van der Waals surface area contributed by atoms with Crippen LogP contribution in [0, 0.1) is 0 Å². The molecule has 1 aliphatic rings. The van der Waals surface area contributed by atoms with Crippen LogP contribution in [0.25, 0.3) is 11.2 Å². The summed E-state index contributed by atoms with van der Waals surface area (Å²) in [5, 5.41) is 7.93. The van der Waals surface area contributed by atoms with Gasteiger partial charge in [-0.15, -0.1) is 5.10 Å². The minimum Gasteiger partial charge on any atom is -0.382 e. The molecular weight excluding hydrogens is 298 g/mol. The summed E-state index contributed by atoms with van der Waals surface area (Å²) in [7, 11) is 3.40. The second-order valence-electron chi connectivity index (χ2n) is 6.42. The van der Waals surface area contributed by atoms with Crippen molar-refractivity contribution in [2.24, 2.45) is 7.05 Å². The second kappa shape index (κ2) is 5.86. The largest absolute Gasteiger partial charge is 0.382 e. The van der Waals surface area contributed by atoms with Gasteiger partial charge >= 0.3 is 0 Å². The number of ether oxygens (including phenoxy) is 2. The third kappa shape index (κ3) is 3.18. The van der Waals surface area contributed by atoms with E-state index in [1.807, 2.05) is 13.8 Å². The summed E-state index contributed by atoms with van der Waals surface area (Å²) in [5.41, 5.74) is 1.36. The molecule has 1 fully saturated rings. The minimum atomic E-state index is -0.415. The molecule has 124 valence electrons. The first-order valence-corrected chi connectivity index (χ1v) is 7.51. The number of aromatic nitrogens is 4. The molecule has 2 aromatic rings. The number of nitrogens with zero attached hydrogens (tertiary/aromatic N) is 5. The van der Waals surface area contributed by atoms with Crippen LogP contribution in [0.4, 0.5) is 0 Å².